The van der Waals surface area contributed by atoms with Crippen molar-refractivity contribution in [2.24, 2.45) is 0 Å². The minimum absolute atomic E-state index is 0.00831. The average molecular weight is 348 g/mol. The largest absolute Gasteiger partial charge is 0.467 e. The van der Waals surface area contributed by atoms with Gasteiger partial charge in [-0.05, 0) is 30.7 Å². The van der Waals surface area contributed by atoms with E-state index in [1.165, 1.54) is 7.11 Å². The molecule has 7 heteroatoms. The van der Waals surface area contributed by atoms with Gasteiger partial charge in [-0.3, -0.25) is 0 Å². The molecule has 1 fully saturated rings. The highest BCUT2D eigenvalue weighted by Crippen LogP contribution is 2.29. The van der Waals surface area contributed by atoms with Crippen molar-refractivity contribution in [3.8, 4) is 0 Å². The summed E-state index contributed by atoms with van der Waals surface area (Å²) in [6, 6.07) is 7.19. The number of methoxy groups -OCH3 is 1. The number of carbonyl (C=O) groups is 1. The first-order chi connectivity index (χ1) is 8.87. The Labute approximate surface area is 120 Å². The average Bonchev–Trinajstić information content (AvgIpc) is 2.68. The second-order valence-corrected chi connectivity index (χ2v) is 7.65. The van der Waals surface area contributed by atoms with Crippen LogP contribution in [0.15, 0.2) is 28.7 Å². The number of hydrogen-bond donors (Lipinski definition) is 1. The Morgan fingerprint density at radius 3 is 2.47 bits per heavy atom. The van der Waals surface area contributed by atoms with Gasteiger partial charge in [0.2, 0.25) is 0 Å². The number of ether oxygens (including phenoxy) is 1. The number of halogens is 1. The van der Waals surface area contributed by atoms with Gasteiger partial charge in [0, 0.05) is 10.2 Å². The smallest absolute Gasteiger partial charge is 0.332 e. The minimum atomic E-state index is -3.21. The molecule has 0 aliphatic carbocycles. The fraction of sp³-hybridized carbons (Fsp3) is 0.417. The Morgan fingerprint density at radius 2 is 2.00 bits per heavy atom. The normalized spacial score (nSPS) is 24.9. The van der Waals surface area contributed by atoms with Crippen LogP contribution in [0.3, 0.4) is 0 Å². The molecule has 0 aromatic heterocycles. The quantitative estimate of drug-likeness (QED) is 0.840. The van der Waals surface area contributed by atoms with Gasteiger partial charge < -0.3 is 10.1 Å². The Kier molecular flexibility index (Phi) is 3.87. The fourth-order valence-corrected chi connectivity index (χ4v) is 4.32. The zero-order valence-electron chi connectivity index (χ0n) is 10.3. The molecule has 0 amide bonds. The highest BCUT2D eigenvalue weighted by atomic mass is 79.9. The molecule has 0 radical (unpaired) electrons. The summed E-state index contributed by atoms with van der Waals surface area (Å²) in [5, 5.41) is 3.01. The summed E-state index contributed by atoms with van der Waals surface area (Å²) in [7, 11) is -1.95. The van der Waals surface area contributed by atoms with E-state index in [1.54, 1.807) is 12.1 Å². The first kappa shape index (κ1) is 14.3. The van der Waals surface area contributed by atoms with Crippen LogP contribution in [-0.4, -0.2) is 38.5 Å². The summed E-state index contributed by atoms with van der Waals surface area (Å²) in [4.78, 5) is 11.9. The number of benzene rings is 1. The molecule has 104 valence electrons. The van der Waals surface area contributed by atoms with Crippen molar-refractivity contribution < 1.29 is 17.9 Å². The Hall–Kier alpha value is -1.08. The summed E-state index contributed by atoms with van der Waals surface area (Å²) in [6.45, 7) is 0. The van der Waals surface area contributed by atoms with E-state index in [1.807, 2.05) is 12.1 Å². The number of carbonyl (C=O) groups excluding carboxylic acids is 1. The Balaban J connectivity index is 2.30. The lowest BCUT2D eigenvalue weighted by atomic mass is 9.98. The topological polar surface area (TPSA) is 72.5 Å². The summed E-state index contributed by atoms with van der Waals surface area (Å²) < 4.78 is 29.0. The first-order valence-corrected chi connectivity index (χ1v) is 8.31. The number of hydrogen-bond acceptors (Lipinski definition) is 5. The van der Waals surface area contributed by atoms with Crippen LogP contribution in [0.5, 0.6) is 0 Å². The van der Waals surface area contributed by atoms with Gasteiger partial charge in [0.25, 0.3) is 0 Å². The maximum absolute atomic E-state index is 11.9. The van der Waals surface area contributed by atoms with Gasteiger partial charge in [-0.15, -0.1) is 0 Å². The van der Waals surface area contributed by atoms with Crippen molar-refractivity contribution in [3.05, 3.63) is 28.7 Å². The van der Waals surface area contributed by atoms with E-state index in [0.29, 0.717) is 5.69 Å². The summed E-state index contributed by atoms with van der Waals surface area (Å²) >= 11 is 3.32. The maximum Gasteiger partial charge on any atom is 0.332 e. The van der Waals surface area contributed by atoms with Crippen LogP contribution in [0, 0.1) is 0 Å². The van der Waals surface area contributed by atoms with Crippen LogP contribution >= 0.6 is 15.9 Å². The lowest BCUT2D eigenvalue weighted by Crippen LogP contribution is -2.48. The number of nitrogens with one attached hydrogen (secondary N) is 1. The third-order valence-corrected chi connectivity index (χ3v) is 5.40. The Bertz CT molecular complexity index is 584. The number of anilines is 1. The molecule has 1 heterocycles. The predicted octanol–water partition coefficient (Wildman–Crippen LogP) is 1.59. The summed E-state index contributed by atoms with van der Waals surface area (Å²) in [5.41, 5.74) is -0.493. The van der Waals surface area contributed by atoms with E-state index in [-0.39, 0.29) is 17.9 Å². The highest BCUT2D eigenvalue weighted by Gasteiger charge is 2.49. The standard InChI is InChI=1S/C12H14BrNO4S/c1-18-11(15)12(6-7-19(16,17)8-12)14-10-4-2-9(13)3-5-10/h2-5,14H,6-8H2,1H3. The van der Waals surface area contributed by atoms with Gasteiger partial charge in [-0.1, -0.05) is 15.9 Å². The van der Waals surface area contributed by atoms with E-state index in [9.17, 15) is 13.2 Å². The van der Waals surface area contributed by atoms with Crippen LogP contribution in [0.25, 0.3) is 0 Å². The third kappa shape index (κ3) is 3.09. The van der Waals surface area contributed by atoms with Gasteiger partial charge in [-0.25, -0.2) is 13.2 Å². The molecule has 1 aromatic rings. The van der Waals surface area contributed by atoms with Crippen molar-refractivity contribution in [1.29, 1.82) is 0 Å². The molecular weight excluding hydrogens is 334 g/mol. The van der Waals surface area contributed by atoms with Crippen LogP contribution in [0.1, 0.15) is 6.42 Å². The molecule has 2 rings (SSSR count). The van der Waals surface area contributed by atoms with Crippen molar-refractivity contribution >= 4 is 37.4 Å². The van der Waals surface area contributed by atoms with E-state index in [2.05, 4.69) is 21.2 Å². The lowest BCUT2D eigenvalue weighted by molar-refractivity contribution is -0.145. The minimum Gasteiger partial charge on any atom is -0.467 e. The van der Waals surface area contributed by atoms with Crippen molar-refractivity contribution in [2.45, 2.75) is 12.0 Å². The van der Waals surface area contributed by atoms with E-state index >= 15 is 0 Å². The molecule has 1 atom stereocenters. The SMILES string of the molecule is COC(=O)C1(Nc2ccc(Br)cc2)CCS(=O)(=O)C1. The van der Waals surface area contributed by atoms with Crippen molar-refractivity contribution in [1.82, 2.24) is 0 Å². The monoisotopic (exact) mass is 347 g/mol. The lowest BCUT2D eigenvalue weighted by Gasteiger charge is -2.27. The van der Waals surface area contributed by atoms with E-state index in [0.717, 1.165) is 4.47 Å². The van der Waals surface area contributed by atoms with Crippen LogP contribution in [-0.2, 0) is 19.4 Å². The molecule has 1 aromatic carbocycles. The molecule has 1 aliphatic rings. The van der Waals surface area contributed by atoms with Gasteiger partial charge in [0.05, 0.1) is 18.6 Å². The van der Waals surface area contributed by atoms with Gasteiger partial charge in [0.15, 0.2) is 15.4 Å². The zero-order valence-corrected chi connectivity index (χ0v) is 12.8. The molecule has 0 bridgehead atoms. The third-order valence-electron chi connectivity index (χ3n) is 3.11. The molecule has 1 N–H and O–H groups in total. The zero-order chi connectivity index (χ0) is 14.1. The van der Waals surface area contributed by atoms with Crippen LogP contribution < -0.4 is 5.32 Å². The molecule has 5 nitrogen and oxygen atoms in total. The fourth-order valence-electron chi connectivity index (χ4n) is 2.16. The molecule has 1 aliphatic heterocycles. The second-order valence-electron chi connectivity index (χ2n) is 4.55. The second kappa shape index (κ2) is 5.13. The number of rotatable bonds is 3. The molecular formula is C12H14BrNO4S. The Morgan fingerprint density at radius 1 is 1.37 bits per heavy atom. The van der Waals surface area contributed by atoms with Gasteiger partial charge in [0.1, 0.15) is 0 Å². The molecule has 0 saturated carbocycles. The predicted molar refractivity (Wildman–Crippen MR) is 75.8 cm³/mol. The first-order valence-electron chi connectivity index (χ1n) is 5.69. The van der Waals surface area contributed by atoms with Crippen LogP contribution in [0.4, 0.5) is 5.69 Å². The van der Waals surface area contributed by atoms with Crippen molar-refractivity contribution in [3.63, 3.8) is 0 Å². The molecule has 1 saturated heterocycles. The van der Waals surface area contributed by atoms with E-state index < -0.39 is 21.3 Å². The summed E-state index contributed by atoms with van der Waals surface area (Å²) in [5.74, 6) is -0.787. The number of esters is 1. The summed E-state index contributed by atoms with van der Waals surface area (Å²) in [6.07, 6.45) is 0.220. The number of sulfone groups is 1. The van der Waals surface area contributed by atoms with Gasteiger partial charge >= 0.3 is 5.97 Å². The van der Waals surface area contributed by atoms with Gasteiger partial charge in [-0.2, -0.15) is 0 Å². The van der Waals surface area contributed by atoms with Crippen molar-refractivity contribution in [2.75, 3.05) is 23.9 Å². The molecule has 19 heavy (non-hydrogen) atoms. The molecule has 0 spiro atoms. The van der Waals surface area contributed by atoms with E-state index in [4.69, 9.17) is 4.74 Å². The van der Waals surface area contributed by atoms with Crippen LogP contribution in [0.2, 0.25) is 0 Å². The molecule has 1 unspecified atom stereocenters. The maximum atomic E-state index is 11.9. The highest BCUT2D eigenvalue weighted by molar-refractivity contribution is 9.10.